The van der Waals surface area contributed by atoms with Gasteiger partial charge >= 0.3 is 0 Å². The van der Waals surface area contributed by atoms with Crippen LogP contribution < -0.4 is 27.2 Å². The van der Waals surface area contributed by atoms with Gasteiger partial charge in [0, 0.05) is 43.8 Å². The molecule has 0 aromatic heterocycles. The van der Waals surface area contributed by atoms with Gasteiger partial charge in [0.25, 0.3) is 0 Å². The first-order valence-corrected chi connectivity index (χ1v) is 13.5. The van der Waals surface area contributed by atoms with Gasteiger partial charge in [0.05, 0.1) is 6.07 Å². The summed E-state index contributed by atoms with van der Waals surface area (Å²) in [7, 11) is 0. The summed E-state index contributed by atoms with van der Waals surface area (Å²) in [4.78, 5) is 7.47. The van der Waals surface area contributed by atoms with Crippen molar-refractivity contribution in [2.75, 3.05) is 31.1 Å². The highest BCUT2D eigenvalue weighted by Crippen LogP contribution is 2.27. The molecule has 1 saturated heterocycles. The SMILES string of the molecule is CCCCCCN(CCCCCC)c1ccc2nc3ccc(=[N+]4CCCCC4)cc-3oc2c1.[Cl-]. The smallest absolute Gasteiger partial charge is 0.203 e. The molecule has 3 aliphatic rings. The molecule has 0 saturated carbocycles. The van der Waals surface area contributed by atoms with E-state index in [1.807, 2.05) is 0 Å². The molecule has 1 fully saturated rings. The van der Waals surface area contributed by atoms with Crippen molar-refractivity contribution < 1.29 is 16.8 Å². The molecule has 1 aromatic rings. The summed E-state index contributed by atoms with van der Waals surface area (Å²) in [6.07, 6.45) is 14.2. The highest BCUT2D eigenvalue weighted by Gasteiger charge is 2.16. The van der Waals surface area contributed by atoms with Gasteiger partial charge in [-0.25, -0.2) is 9.56 Å². The topological polar surface area (TPSA) is 32.3 Å². The number of unbranched alkanes of at least 4 members (excludes halogenated alkanes) is 6. The minimum atomic E-state index is 0. The normalized spacial score (nSPS) is 13.9. The van der Waals surface area contributed by atoms with Gasteiger partial charge < -0.3 is 21.7 Å². The summed E-state index contributed by atoms with van der Waals surface area (Å²) in [6.45, 7) is 9.08. The van der Waals surface area contributed by atoms with Crippen molar-refractivity contribution in [3.63, 3.8) is 0 Å². The molecule has 0 amide bonds. The van der Waals surface area contributed by atoms with Gasteiger partial charge in [-0.3, -0.25) is 0 Å². The molecule has 0 unspecified atom stereocenters. The lowest BCUT2D eigenvalue weighted by Gasteiger charge is -2.25. The number of hydrogen-bond acceptors (Lipinski definition) is 3. The van der Waals surface area contributed by atoms with Gasteiger partial charge in [-0.2, -0.15) is 0 Å². The summed E-state index contributed by atoms with van der Waals surface area (Å²) >= 11 is 0. The summed E-state index contributed by atoms with van der Waals surface area (Å²) in [5, 5.41) is 1.26. The number of fused-ring (bicyclic) bond motifs is 2. The van der Waals surface area contributed by atoms with E-state index in [4.69, 9.17) is 9.40 Å². The monoisotopic (exact) mass is 483 g/mol. The summed E-state index contributed by atoms with van der Waals surface area (Å²) < 4.78 is 8.92. The molecule has 0 radical (unpaired) electrons. The average Bonchev–Trinajstić information content (AvgIpc) is 2.86. The molecule has 1 aliphatic carbocycles. The Labute approximate surface area is 211 Å². The minimum absolute atomic E-state index is 0. The summed E-state index contributed by atoms with van der Waals surface area (Å²) in [6, 6.07) is 13.1. The Balaban J connectivity index is 0.00000324. The number of rotatable bonds is 11. The van der Waals surface area contributed by atoms with Crippen LogP contribution in [0.15, 0.2) is 40.8 Å². The second-order valence-corrected chi connectivity index (χ2v) is 9.67. The molecule has 4 rings (SSSR count). The maximum Gasteiger partial charge on any atom is 0.203 e. The van der Waals surface area contributed by atoms with Gasteiger partial charge in [0.1, 0.15) is 24.3 Å². The molecule has 0 spiro atoms. The predicted octanol–water partition coefficient (Wildman–Crippen LogP) is 3.86. The van der Waals surface area contributed by atoms with Crippen LogP contribution >= 0.6 is 0 Å². The molecule has 2 heterocycles. The first kappa shape index (κ1) is 26.5. The van der Waals surface area contributed by atoms with Crippen LogP contribution in [0.5, 0.6) is 0 Å². The van der Waals surface area contributed by atoms with Gasteiger partial charge in [-0.05, 0) is 37.5 Å². The van der Waals surface area contributed by atoms with Crippen molar-refractivity contribution in [2.45, 2.75) is 84.5 Å². The lowest BCUT2D eigenvalue weighted by atomic mass is 10.1. The number of aromatic nitrogens is 1. The largest absolute Gasteiger partial charge is 1.00 e. The lowest BCUT2D eigenvalue weighted by Crippen LogP contribution is -3.00. The quantitative estimate of drug-likeness (QED) is 0.236. The number of hydrogen-bond donors (Lipinski definition) is 0. The third-order valence-corrected chi connectivity index (χ3v) is 7.00. The molecule has 0 bridgehead atoms. The Morgan fingerprint density at radius 2 is 1.53 bits per heavy atom. The van der Waals surface area contributed by atoms with Gasteiger partial charge in [0.2, 0.25) is 5.36 Å². The van der Waals surface area contributed by atoms with E-state index in [0.29, 0.717) is 0 Å². The first-order chi connectivity index (χ1) is 16.3. The van der Waals surface area contributed by atoms with Gasteiger partial charge in [-0.1, -0.05) is 52.4 Å². The zero-order chi connectivity index (χ0) is 22.9. The van der Waals surface area contributed by atoms with Gasteiger partial charge in [-0.15, -0.1) is 0 Å². The van der Waals surface area contributed by atoms with E-state index in [0.717, 1.165) is 48.7 Å². The number of nitrogens with zero attached hydrogens (tertiary/aromatic N) is 3. The van der Waals surface area contributed by atoms with Crippen LogP contribution in [0.25, 0.3) is 22.6 Å². The zero-order valence-electron chi connectivity index (χ0n) is 21.2. The average molecular weight is 484 g/mol. The number of benzene rings is 2. The number of anilines is 1. The fourth-order valence-corrected chi connectivity index (χ4v) is 4.98. The van der Waals surface area contributed by atoms with E-state index < -0.39 is 0 Å². The Kier molecular flexibility index (Phi) is 10.7. The van der Waals surface area contributed by atoms with Crippen molar-refractivity contribution in [1.29, 1.82) is 0 Å². The van der Waals surface area contributed by atoms with Gasteiger partial charge in [0.15, 0.2) is 11.3 Å². The van der Waals surface area contributed by atoms with Crippen LogP contribution in [0.3, 0.4) is 0 Å². The minimum Gasteiger partial charge on any atom is -1.00 e. The predicted molar refractivity (Wildman–Crippen MR) is 140 cm³/mol. The van der Waals surface area contributed by atoms with E-state index >= 15 is 0 Å². The van der Waals surface area contributed by atoms with Crippen LogP contribution in [-0.2, 0) is 0 Å². The molecule has 34 heavy (non-hydrogen) atoms. The molecule has 1 aromatic carbocycles. The summed E-state index contributed by atoms with van der Waals surface area (Å²) in [5.41, 5.74) is 4.04. The second kappa shape index (κ2) is 13.7. The number of piperidine rings is 1. The molecule has 0 N–H and O–H groups in total. The molecule has 186 valence electrons. The Morgan fingerprint density at radius 3 is 2.21 bits per heavy atom. The molecule has 2 aliphatic heterocycles. The van der Waals surface area contributed by atoms with E-state index in [-0.39, 0.29) is 12.4 Å². The Hall–Kier alpha value is -2.07. The van der Waals surface area contributed by atoms with Crippen LogP contribution in [0.2, 0.25) is 0 Å². The molecular weight excluding hydrogens is 442 g/mol. The number of halogens is 1. The summed E-state index contributed by atoms with van der Waals surface area (Å²) in [5.74, 6) is 0.889. The fourth-order valence-electron chi connectivity index (χ4n) is 4.98. The third-order valence-electron chi connectivity index (χ3n) is 7.00. The lowest BCUT2D eigenvalue weighted by molar-refractivity contribution is -0.00000743. The molecular formula is C29H42ClN3O. The van der Waals surface area contributed by atoms with E-state index in [1.165, 1.54) is 81.7 Å². The van der Waals surface area contributed by atoms with Crippen LogP contribution in [0, 0.1) is 0 Å². The van der Waals surface area contributed by atoms with E-state index in [1.54, 1.807) is 0 Å². The Morgan fingerprint density at radius 1 is 0.824 bits per heavy atom. The maximum atomic E-state index is 6.44. The van der Waals surface area contributed by atoms with E-state index in [2.05, 4.69) is 59.7 Å². The van der Waals surface area contributed by atoms with Crippen molar-refractivity contribution in [2.24, 2.45) is 0 Å². The maximum absolute atomic E-state index is 6.44. The van der Waals surface area contributed by atoms with Crippen molar-refractivity contribution in [1.82, 2.24) is 9.56 Å². The van der Waals surface area contributed by atoms with Crippen LogP contribution in [0.4, 0.5) is 5.69 Å². The standard InChI is InChI=1S/C29H42N3O.ClH/c1-3-5-7-10-18-31(19-11-8-6-4-2)24-14-16-26-28(22-24)33-29-23-25(15-17-27(29)30-26)32-20-12-9-13-21-32;/h14-17,22-23H,3-13,18-21H2,1-2H3;1H/q+1;/p-1. The molecule has 0 atom stereocenters. The zero-order valence-corrected chi connectivity index (χ0v) is 22.0. The highest BCUT2D eigenvalue weighted by molar-refractivity contribution is 5.80. The third kappa shape index (κ3) is 6.97. The van der Waals surface area contributed by atoms with Crippen LogP contribution in [0.1, 0.15) is 84.5 Å². The first-order valence-electron chi connectivity index (χ1n) is 13.5. The van der Waals surface area contributed by atoms with Crippen molar-refractivity contribution in [3.05, 3.63) is 41.8 Å². The molecule has 5 heteroatoms. The van der Waals surface area contributed by atoms with Crippen LogP contribution in [-0.4, -0.2) is 31.2 Å². The van der Waals surface area contributed by atoms with E-state index in [9.17, 15) is 0 Å². The second-order valence-electron chi connectivity index (χ2n) is 9.67. The highest BCUT2D eigenvalue weighted by atomic mass is 35.5. The molecule has 4 nitrogen and oxygen atoms in total. The van der Waals surface area contributed by atoms with Crippen molar-refractivity contribution in [3.8, 4) is 11.5 Å². The van der Waals surface area contributed by atoms with Crippen molar-refractivity contribution >= 4 is 16.8 Å². The Bertz CT molecular complexity index is 1040. The fraction of sp³-hybridized carbons (Fsp3) is 0.586.